The molecule has 2 fully saturated rings. The molecule has 0 radical (unpaired) electrons. The molecule has 0 amide bonds. The van der Waals surface area contributed by atoms with Crippen LogP contribution in [0.25, 0.3) is 0 Å². The fourth-order valence-electron chi connectivity index (χ4n) is 1.89. The van der Waals surface area contributed by atoms with Gasteiger partial charge in [-0.1, -0.05) is 0 Å². The van der Waals surface area contributed by atoms with Crippen LogP contribution in [0.15, 0.2) is 0 Å². The van der Waals surface area contributed by atoms with E-state index >= 15 is 0 Å². The number of thioether (sulfide) groups is 1. The molecular weight excluding hydrogens is 206 g/mol. The van der Waals surface area contributed by atoms with Crippen molar-refractivity contribution in [3.8, 4) is 0 Å². The molecule has 2 rings (SSSR count). The van der Waals surface area contributed by atoms with E-state index in [1.165, 1.54) is 0 Å². The van der Waals surface area contributed by atoms with Crippen LogP contribution < -0.4 is 5.32 Å². The van der Waals surface area contributed by atoms with Gasteiger partial charge < -0.3 is 20.1 Å². The van der Waals surface area contributed by atoms with E-state index in [9.17, 15) is 10.2 Å². The van der Waals surface area contributed by atoms with Crippen LogP contribution in [0.4, 0.5) is 0 Å². The highest BCUT2D eigenvalue weighted by molar-refractivity contribution is 8.00. The predicted octanol–water partition coefficient (Wildman–Crippen LogP) is -1.52. The van der Waals surface area contributed by atoms with Crippen molar-refractivity contribution in [2.75, 3.05) is 6.61 Å². The van der Waals surface area contributed by atoms with Gasteiger partial charge in [0.15, 0.2) is 0 Å². The minimum absolute atomic E-state index is 0.180. The number of ether oxygens (including phenoxy) is 1. The number of fused-ring (bicyclic) bond motifs is 1. The highest BCUT2D eigenvalue weighted by Gasteiger charge is 2.48. The first-order chi connectivity index (χ1) is 6.63. The number of hydrogen-bond acceptors (Lipinski definition) is 6. The smallest absolute Gasteiger partial charge is 0.123 e. The Morgan fingerprint density at radius 2 is 2.07 bits per heavy atom. The first-order valence-corrected chi connectivity index (χ1v) is 5.61. The largest absolute Gasteiger partial charge is 0.394 e. The average molecular weight is 221 g/mol. The van der Waals surface area contributed by atoms with E-state index < -0.39 is 18.3 Å². The van der Waals surface area contributed by atoms with Crippen molar-refractivity contribution < 1.29 is 20.1 Å². The van der Waals surface area contributed by atoms with Gasteiger partial charge in [-0.15, -0.1) is 11.8 Å². The minimum Gasteiger partial charge on any atom is -0.394 e. The molecule has 0 bridgehead atoms. The van der Waals surface area contributed by atoms with Crippen molar-refractivity contribution in [1.82, 2.24) is 5.32 Å². The highest BCUT2D eigenvalue weighted by Crippen LogP contribution is 2.35. The third-order valence-electron chi connectivity index (χ3n) is 2.65. The van der Waals surface area contributed by atoms with Gasteiger partial charge in [0.1, 0.15) is 23.7 Å². The standard InChI is InChI=1S/C8H15NO4S/c1-3-9-5-7(12)6(11)4(2-10)13-8(5)14-3/h3-12H,2H2,1H3/t3?,4-,5-,6+,7-,8-/m1/s1. The zero-order chi connectivity index (χ0) is 10.3. The molecule has 14 heavy (non-hydrogen) atoms. The lowest BCUT2D eigenvalue weighted by Crippen LogP contribution is -2.59. The third kappa shape index (κ3) is 1.66. The van der Waals surface area contributed by atoms with Crippen LogP contribution in [0.2, 0.25) is 0 Å². The molecule has 5 nitrogen and oxygen atoms in total. The van der Waals surface area contributed by atoms with Gasteiger partial charge in [0.05, 0.1) is 18.0 Å². The molecule has 2 saturated heterocycles. The Balaban J connectivity index is 2.09. The normalized spacial score (nSPS) is 53.1. The maximum absolute atomic E-state index is 9.75. The lowest BCUT2D eigenvalue weighted by atomic mass is 9.98. The lowest BCUT2D eigenvalue weighted by molar-refractivity contribution is -0.168. The summed E-state index contributed by atoms with van der Waals surface area (Å²) in [4.78, 5) is 0. The summed E-state index contributed by atoms with van der Waals surface area (Å²) >= 11 is 1.56. The van der Waals surface area contributed by atoms with Crippen molar-refractivity contribution in [2.24, 2.45) is 0 Å². The summed E-state index contributed by atoms with van der Waals surface area (Å²) in [6.07, 6.45) is -2.56. The van der Waals surface area contributed by atoms with E-state index in [2.05, 4.69) is 5.32 Å². The number of hydrogen-bond donors (Lipinski definition) is 4. The van der Waals surface area contributed by atoms with E-state index in [0.717, 1.165) is 0 Å². The fraction of sp³-hybridized carbons (Fsp3) is 1.00. The first kappa shape index (κ1) is 10.7. The molecule has 6 heteroatoms. The van der Waals surface area contributed by atoms with E-state index in [1.807, 2.05) is 6.92 Å². The van der Waals surface area contributed by atoms with Crippen molar-refractivity contribution in [1.29, 1.82) is 0 Å². The topological polar surface area (TPSA) is 82.0 Å². The van der Waals surface area contributed by atoms with Gasteiger partial charge in [0, 0.05) is 0 Å². The van der Waals surface area contributed by atoms with Crippen LogP contribution in [-0.4, -0.2) is 57.1 Å². The van der Waals surface area contributed by atoms with E-state index in [4.69, 9.17) is 9.84 Å². The minimum atomic E-state index is -1.01. The molecule has 2 aliphatic rings. The molecule has 2 heterocycles. The molecule has 0 aromatic carbocycles. The van der Waals surface area contributed by atoms with Gasteiger partial charge in [-0.3, -0.25) is 5.32 Å². The predicted molar refractivity (Wildman–Crippen MR) is 51.7 cm³/mol. The SMILES string of the molecule is CC1N[C@@H]2[C@@H](O)[C@@H](O)[C@@H](CO)O[C@@H]2S1. The van der Waals surface area contributed by atoms with Gasteiger partial charge in [0.2, 0.25) is 0 Å². The quantitative estimate of drug-likeness (QED) is 0.430. The van der Waals surface area contributed by atoms with Gasteiger partial charge in [-0.05, 0) is 6.92 Å². The fourth-order valence-corrected chi connectivity index (χ4v) is 3.14. The van der Waals surface area contributed by atoms with Gasteiger partial charge in [-0.2, -0.15) is 0 Å². The second kappa shape index (κ2) is 3.96. The van der Waals surface area contributed by atoms with Crippen LogP contribution in [0, 0.1) is 0 Å². The maximum atomic E-state index is 9.75. The molecule has 4 N–H and O–H groups in total. The second-order valence-electron chi connectivity index (χ2n) is 3.68. The number of nitrogens with one attached hydrogen (secondary N) is 1. The Kier molecular flexibility index (Phi) is 3.01. The first-order valence-electron chi connectivity index (χ1n) is 4.67. The third-order valence-corrected chi connectivity index (χ3v) is 3.86. The van der Waals surface area contributed by atoms with Gasteiger partial charge in [0.25, 0.3) is 0 Å². The number of rotatable bonds is 1. The maximum Gasteiger partial charge on any atom is 0.123 e. The Bertz CT molecular complexity index is 216. The van der Waals surface area contributed by atoms with Crippen molar-refractivity contribution >= 4 is 11.8 Å². The average Bonchev–Trinajstić information content (AvgIpc) is 2.52. The number of aliphatic hydroxyl groups is 3. The summed E-state index contributed by atoms with van der Waals surface area (Å²) in [6.45, 7) is 1.70. The zero-order valence-corrected chi connectivity index (χ0v) is 8.65. The molecule has 0 aromatic heterocycles. The lowest BCUT2D eigenvalue weighted by Gasteiger charge is -2.38. The Morgan fingerprint density at radius 3 is 2.71 bits per heavy atom. The van der Waals surface area contributed by atoms with Crippen LogP contribution in [0.3, 0.4) is 0 Å². The molecule has 0 spiro atoms. The number of aliphatic hydroxyl groups excluding tert-OH is 3. The van der Waals surface area contributed by atoms with Crippen LogP contribution in [-0.2, 0) is 4.74 Å². The Hall–Kier alpha value is 0.150. The summed E-state index contributed by atoms with van der Waals surface area (Å²) in [7, 11) is 0. The molecule has 0 aromatic rings. The highest BCUT2D eigenvalue weighted by atomic mass is 32.2. The van der Waals surface area contributed by atoms with E-state index in [-0.39, 0.29) is 23.5 Å². The summed E-state index contributed by atoms with van der Waals surface area (Å²) < 4.78 is 5.45. The zero-order valence-electron chi connectivity index (χ0n) is 7.83. The summed E-state index contributed by atoms with van der Waals surface area (Å²) in [6, 6.07) is -0.243. The second-order valence-corrected chi connectivity index (χ2v) is 5.12. The molecular formula is C8H15NO4S. The van der Waals surface area contributed by atoms with Gasteiger partial charge >= 0.3 is 0 Å². The molecule has 82 valence electrons. The Morgan fingerprint density at radius 1 is 1.36 bits per heavy atom. The van der Waals surface area contributed by atoms with E-state index in [0.29, 0.717) is 0 Å². The molecule has 0 saturated carbocycles. The summed E-state index contributed by atoms with van der Waals surface area (Å²) in [5.74, 6) is 0. The molecule has 6 atom stereocenters. The summed E-state index contributed by atoms with van der Waals surface area (Å²) in [5, 5.41) is 31.6. The van der Waals surface area contributed by atoms with E-state index in [1.54, 1.807) is 11.8 Å². The monoisotopic (exact) mass is 221 g/mol. The summed E-state index contributed by atoms with van der Waals surface area (Å²) in [5.41, 5.74) is -0.180. The molecule has 2 aliphatic heterocycles. The van der Waals surface area contributed by atoms with Crippen molar-refractivity contribution in [2.45, 2.75) is 42.1 Å². The molecule has 0 aliphatic carbocycles. The van der Waals surface area contributed by atoms with Crippen LogP contribution in [0.1, 0.15) is 6.92 Å². The van der Waals surface area contributed by atoms with Crippen LogP contribution in [0.5, 0.6) is 0 Å². The van der Waals surface area contributed by atoms with Gasteiger partial charge in [-0.25, -0.2) is 0 Å². The van der Waals surface area contributed by atoms with Crippen LogP contribution >= 0.6 is 11.8 Å². The van der Waals surface area contributed by atoms with Crippen molar-refractivity contribution in [3.05, 3.63) is 0 Å². The van der Waals surface area contributed by atoms with Crippen molar-refractivity contribution in [3.63, 3.8) is 0 Å². The molecule has 1 unspecified atom stereocenters. The Labute approximate surface area is 86.5 Å².